The number of thiazole rings is 1. The van der Waals surface area contributed by atoms with Gasteiger partial charge >= 0.3 is 0 Å². The molecule has 0 bridgehead atoms. The number of aromatic nitrogens is 4. The third-order valence-corrected chi connectivity index (χ3v) is 4.10. The van der Waals surface area contributed by atoms with Gasteiger partial charge in [0.1, 0.15) is 12.7 Å². The van der Waals surface area contributed by atoms with E-state index < -0.39 is 0 Å². The number of nitrogens with one attached hydrogen (secondary N) is 1. The molecule has 7 heteroatoms. The summed E-state index contributed by atoms with van der Waals surface area (Å²) in [5.41, 5.74) is 2.96. The largest absolute Gasteiger partial charge is 0.348 e. The molecule has 0 spiro atoms. The van der Waals surface area contributed by atoms with Gasteiger partial charge in [-0.15, -0.1) is 11.3 Å². The van der Waals surface area contributed by atoms with Gasteiger partial charge in [-0.05, 0) is 24.1 Å². The maximum Gasteiger partial charge on any atom is 0.244 e. The molecule has 0 saturated heterocycles. The summed E-state index contributed by atoms with van der Waals surface area (Å²) in [5, 5.41) is 9.88. The monoisotopic (exact) mass is 339 g/mol. The third-order valence-electron chi connectivity index (χ3n) is 3.31. The van der Waals surface area contributed by atoms with Crippen molar-refractivity contribution in [1.29, 1.82) is 0 Å². The van der Waals surface area contributed by atoms with Gasteiger partial charge in [0.2, 0.25) is 5.91 Å². The normalized spacial score (nSPS) is 11.0. The maximum atomic E-state index is 11.9. The standard InChI is InChI=1S/C17H17N5OS/c1-13-21-16(10-24-13)5-6-17(23)19-8-14-3-2-4-15(7-14)9-22-12-18-11-20-22/h2-7,10-12H,8-9H2,1H3,(H,19,23). The molecule has 6 nitrogen and oxygen atoms in total. The lowest BCUT2D eigenvalue weighted by molar-refractivity contribution is -0.116. The zero-order valence-electron chi connectivity index (χ0n) is 13.2. The minimum Gasteiger partial charge on any atom is -0.348 e. The van der Waals surface area contributed by atoms with Crippen molar-refractivity contribution < 1.29 is 4.79 Å². The van der Waals surface area contributed by atoms with Gasteiger partial charge in [-0.3, -0.25) is 4.79 Å². The highest BCUT2D eigenvalue weighted by Crippen LogP contribution is 2.09. The predicted molar refractivity (Wildman–Crippen MR) is 93.3 cm³/mol. The summed E-state index contributed by atoms with van der Waals surface area (Å²) in [6.07, 6.45) is 6.42. The molecular formula is C17H17N5OS. The van der Waals surface area contributed by atoms with E-state index in [1.165, 1.54) is 12.4 Å². The number of benzene rings is 1. The number of aryl methyl sites for hydroxylation is 1. The van der Waals surface area contributed by atoms with Crippen molar-refractivity contribution in [2.45, 2.75) is 20.0 Å². The topological polar surface area (TPSA) is 72.7 Å². The zero-order valence-corrected chi connectivity index (χ0v) is 14.0. The van der Waals surface area contributed by atoms with Crippen LogP contribution in [0.15, 0.2) is 48.4 Å². The van der Waals surface area contributed by atoms with Crippen molar-refractivity contribution in [3.63, 3.8) is 0 Å². The van der Waals surface area contributed by atoms with E-state index in [4.69, 9.17) is 0 Å². The fourth-order valence-corrected chi connectivity index (χ4v) is 2.79. The lowest BCUT2D eigenvalue weighted by atomic mass is 10.1. The molecular weight excluding hydrogens is 322 g/mol. The van der Waals surface area contributed by atoms with Crippen LogP contribution in [-0.4, -0.2) is 25.7 Å². The summed E-state index contributed by atoms with van der Waals surface area (Å²) in [4.78, 5) is 20.1. The number of carbonyl (C=O) groups is 1. The summed E-state index contributed by atoms with van der Waals surface area (Å²) in [6, 6.07) is 8.03. The van der Waals surface area contributed by atoms with Crippen LogP contribution in [-0.2, 0) is 17.9 Å². The molecule has 3 rings (SSSR count). The predicted octanol–water partition coefficient (Wildman–Crippen LogP) is 2.42. The van der Waals surface area contributed by atoms with Gasteiger partial charge in [0.25, 0.3) is 0 Å². The van der Waals surface area contributed by atoms with Crippen LogP contribution in [0.25, 0.3) is 6.08 Å². The summed E-state index contributed by atoms with van der Waals surface area (Å²) in [5.74, 6) is -0.137. The van der Waals surface area contributed by atoms with Gasteiger partial charge < -0.3 is 5.32 Å². The van der Waals surface area contributed by atoms with Crippen LogP contribution in [0.1, 0.15) is 21.8 Å². The highest BCUT2D eigenvalue weighted by Gasteiger charge is 2.01. The first-order valence-electron chi connectivity index (χ1n) is 7.47. The number of hydrogen-bond acceptors (Lipinski definition) is 5. The van der Waals surface area contributed by atoms with E-state index in [-0.39, 0.29) is 5.91 Å². The van der Waals surface area contributed by atoms with Crippen LogP contribution >= 0.6 is 11.3 Å². The van der Waals surface area contributed by atoms with Gasteiger partial charge in [0, 0.05) is 18.0 Å². The Morgan fingerprint density at radius 2 is 2.25 bits per heavy atom. The summed E-state index contributed by atoms with van der Waals surface area (Å²) in [6.45, 7) is 3.07. The maximum absolute atomic E-state index is 11.9. The number of carbonyl (C=O) groups excluding carboxylic acids is 1. The van der Waals surface area contributed by atoms with Gasteiger partial charge in [0.05, 0.1) is 17.2 Å². The molecule has 0 saturated carbocycles. The molecule has 3 aromatic rings. The van der Waals surface area contributed by atoms with E-state index in [9.17, 15) is 4.79 Å². The molecule has 0 radical (unpaired) electrons. The van der Waals surface area contributed by atoms with Gasteiger partial charge in [-0.1, -0.05) is 24.3 Å². The summed E-state index contributed by atoms with van der Waals surface area (Å²) in [7, 11) is 0. The second-order valence-corrected chi connectivity index (χ2v) is 6.32. The molecule has 1 N–H and O–H groups in total. The number of nitrogens with zero attached hydrogens (tertiary/aromatic N) is 4. The SMILES string of the molecule is Cc1nc(C=CC(=O)NCc2cccc(Cn3cncn3)c2)cs1. The number of amides is 1. The Hall–Kier alpha value is -2.80. The Kier molecular flexibility index (Phi) is 5.12. The Labute approximate surface area is 143 Å². The first-order valence-corrected chi connectivity index (χ1v) is 8.35. The number of hydrogen-bond donors (Lipinski definition) is 1. The average molecular weight is 339 g/mol. The molecule has 0 atom stereocenters. The molecule has 24 heavy (non-hydrogen) atoms. The molecule has 122 valence electrons. The molecule has 0 fully saturated rings. The third kappa shape index (κ3) is 4.60. The lowest BCUT2D eigenvalue weighted by Gasteiger charge is -2.06. The fraction of sp³-hybridized carbons (Fsp3) is 0.176. The van der Waals surface area contributed by atoms with Crippen molar-refractivity contribution in [3.05, 3.63) is 70.2 Å². The molecule has 0 aliphatic rings. The summed E-state index contributed by atoms with van der Waals surface area (Å²) >= 11 is 1.56. The minimum absolute atomic E-state index is 0.137. The highest BCUT2D eigenvalue weighted by atomic mass is 32.1. The van der Waals surface area contributed by atoms with Crippen LogP contribution in [0.2, 0.25) is 0 Å². The van der Waals surface area contributed by atoms with Gasteiger partial charge in [-0.25, -0.2) is 14.6 Å². The highest BCUT2D eigenvalue weighted by molar-refractivity contribution is 7.09. The van der Waals surface area contributed by atoms with Gasteiger partial charge in [0.15, 0.2) is 0 Å². The van der Waals surface area contributed by atoms with E-state index in [0.29, 0.717) is 13.1 Å². The quantitative estimate of drug-likeness (QED) is 0.700. The van der Waals surface area contributed by atoms with Crippen molar-refractivity contribution in [3.8, 4) is 0 Å². The van der Waals surface area contributed by atoms with Crippen molar-refractivity contribution in [2.24, 2.45) is 0 Å². The fourth-order valence-electron chi connectivity index (χ4n) is 2.21. The van der Waals surface area contributed by atoms with Gasteiger partial charge in [-0.2, -0.15) is 5.10 Å². The molecule has 2 heterocycles. The van der Waals surface area contributed by atoms with Crippen molar-refractivity contribution >= 4 is 23.3 Å². The van der Waals surface area contributed by atoms with Crippen LogP contribution in [0.3, 0.4) is 0 Å². The lowest BCUT2D eigenvalue weighted by Crippen LogP contribution is -2.20. The van der Waals surface area contributed by atoms with Crippen LogP contribution < -0.4 is 5.32 Å². The van der Waals surface area contributed by atoms with E-state index in [1.54, 1.807) is 28.4 Å². The molecule has 0 aliphatic heterocycles. The Morgan fingerprint density at radius 1 is 1.38 bits per heavy atom. The zero-order chi connectivity index (χ0) is 16.8. The Bertz CT molecular complexity index is 838. The first-order chi connectivity index (χ1) is 11.7. The smallest absolute Gasteiger partial charge is 0.244 e. The van der Waals surface area contributed by atoms with E-state index in [2.05, 4.69) is 26.4 Å². The second-order valence-electron chi connectivity index (χ2n) is 5.26. The average Bonchev–Trinajstić information content (AvgIpc) is 3.23. The van der Waals surface area contributed by atoms with Crippen LogP contribution in [0, 0.1) is 6.92 Å². The Morgan fingerprint density at radius 3 is 3.00 bits per heavy atom. The van der Waals surface area contributed by atoms with E-state index >= 15 is 0 Å². The van der Waals surface area contributed by atoms with E-state index in [1.807, 2.05) is 30.5 Å². The van der Waals surface area contributed by atoms with Crippen molar-refractivity contribution in [2.75, 3.05) is 0 Å². The minimum atomic E-state index is -0.137. The van der Waals surface area contributed by atoms with Crippen molar-refractivity contribution in [1.82, 2.24) is 25.1 Å². The molecule has 0 unspecified atom stereocenters. The molecule has 1 amide bonds. The van der Waals surface area contributed by atoms with Crippen LogP contribution in [0.4, 0.5) is 0 Å². The molecule has 0 aliphatic carbocycles. The number of rotatable bonds is 6. The van der Waals surface area contributed by atoms with E-state index in [0.717, 1.165) is 21.8 Å². The second kappa shape index (κ2) is 7.65. The summed E-state index contributed by atoms with van der Waals surface area (Å²) < 4.78 is 1.76. The Balaban J connectivity index is 1.54. The molecule has 1 aromatic carbocycles. The first kappa shape index (κ1) is 16.1. The molecule has 2 aromatic heterocycles. The van der Waals surface area contributed by atoms with Crippen LogP contribution in [0.5, 0.6) is 0 Å².